The van der Waals surface area contributed by atoms with Crippen molar-refractivity contribution in [2.45, 2.75) is 0 Å². The minimum atomic E-state index is -0.313. The summed E-state index contributed by atoms with van der Waals surface area (Å²) in [4.78, 5) is 25.0. The zero-order chi connectivity index (χ0) is 17.2. The SMILES string of the molecule is O=C(Nc1cnn(-c2ccccc2Cl)c1)c1ccnc2nccnc12. The maximum atomic E-state index is 12.6. The molecule has 0 bridgehead atoms. The number of fused-ring (bicyclic) bond motifs is 1. The second-order valence-electron chi connectivity index (χ2n) is 5.17. The fraction of sp³-hybridized carbons (Fsp3) is 0. The Labute approximate surface area is 147 Å². The van der Waals surface area contributed by atoms with Crippen LogP contribution >= 0.6 is 11.6 Å². The molecule has 1 amide bonds. The maximum Gasteiger partial charge on any atom is 0.258 e. The summed E-state index contributed by atoms with van der Waals surface area (Å²) in [6.45, 7) is 0. The molecule has 0 aliphatic rings. The number of amides is 1. The van der Waals surface area contributed by atoms with Gasteiger partial charge in [0, 0.05) is 18.6 Å². The van der Waals surface area contributed by atoms with Gasteiger partial charge in [0.1, 0.15) is 5.52 Å². The third-order valence-electron chi connectivity index (χ3n) is 3.56. The topological polar surface area (TPSA) is 85.6 Å². The van der Waals surface area contributed by atoms with Gasteiger partial charge in [-0.2, -0.15) is 5.10 Å². The van der Waals surface area contributed by atoms with Crippen LogP contribution in [0.25, 0.3) is 16.9 Å². The first kappa shape index (κ1) is 15.2. The molecule has 0 unspecified atom stereocenters. The monoisotopic (exact) mass is 350 g/mol. The molecule has 0 aliphatic heterocycles. The molecule has 3 aromatic heterocycles. The van der Waals surface area contributed by atoms with Crippen molar-refractivity contribution in [1.82, 2.24) is 24.7 Å². The van der Waals surface area contributed by atoms with Crippen LogP contribution in [0.4, 0.5) is 5.69 Å². The lowest BCUT2D eigenvalue weighted by atomic mass is 10.2. The van der Waals surface area contributed by atoms with Gasteiger partial charge in [-0.05, 0) is 18.2 Å². The first-order chi connectivity index (χ1) is 12.2. The van der Waals surface area contributed by atoms with E-state index in [2.05, 4.69) is 25.4 Å². The molecule has 0 aliphatic carbocycles. The fourth-order valence-corrected chi connectivity index (χ4v) is 2.64. The summed E-state index contributed by atoms with van der Waals surface area (Å²) < 4.78 is 1.60. The van der Waals surface area contributed by atoms with E-state index in [1.54, 1.807) is 29.2 Å². The number of rotatable bonds is 3. The lowest BCUT2D eigenvalue weighted by molar-refractivity contribution is 0.102. The van der Waals surface area contributed by atoms with Crippen molar-refractivity contribution in [2.75, 3.05) is 5.32 Å². The van der Waals surface area contributed by atoms with E-state index in [0.29, 0.717) is 27.4 Å². The molecule has 0 atom stereocenters. The number of hydrogen-bond donors (Lipinski definition) is 1. The van der Waals surface area contributed by atoms with Crippen molar-refractivity contribution in [3.8, 4) is 5.69 Å². The zero-order valence-electron chi connectivity index (χ0n) is 12.8. The molecule has 0 spiro atoms. The van der Waals surface area contributed by atoms with Crippen molar-refractivity contribution in [3.05, 3.63) is 71.9 Å². The van der Waals surface area contributed by atoms with Crippen LogP contribution in [0.1, 0.15) is 10.4 Å². The first-order valence-corrected chi connectivity index (χ1v) is 7.77. The van der Waals surface area contributed by atoms with E-state index in [1.165, 1.54) is 18.6 Å². The summed E-state index contributed by atoms with van der Waals surface area (Å²) in [6.07, 6.45) is 7.82. The Balaban J connectivity index is 1.62. The zero-order valence-corrected chi connectivity index (χ0v) is 13.6. The first-order valence-electron chi connectivity index (χ1n) is 7.39. The van der Waals surface area contributed by atoms with Gasteiger partial charge in [0.05, 0.1) is 34.4 Å². The predicted molar refractivity (Wildman–Crippen MR) is 93.9 cm³/mol. The molecule has 0 fully saturated rings. The van der Waals surface area contributed by atoms with Gasteiger partial charge in [-0.15, -0.1) is 0 Å². The van der Waals surface area contributed by atoms with E-state index < -0.39 is 0 Å². The molecule has 8 heteroatoms. The van der Waals surface area contributed by atoms with Gasteiger partial charge in [0.25, 0.3) is 5.91 Å². The molecule has 122 valence electrons. The van der Waals surface area contributed by atoms with E-state index in [0.717, 1.165) is 5.69 Å². The Hall–Kier alpha value is -3.32. The number of pyridine rings is 1. The Morgan fingerprint density at radius 1 is 1.04 bits per heavy atom. The number of para-hydroxylation sites is 1. The quantitative estimate of drug-likeness (QED) is 0.613. The lowest BCUT2D eigenvalue weighted by Crippen LogP contribution is -2.13. The molecular formula is C17H11ClN6O. The van der Waals surface area contributed by atoms with Crippen molar-refractivity contribution < 1.29 is 4.79 Å². The summed E-state index contributed by atoms with van der Waals surface area (Å²) >= 11 is 6.16. The molecule has 0 saturated carbocycles. The maximum absolute atomic E-state index is 12.6. The van der Waals surface area contributed by atoms with Crippen LogP contribution in [-0.2, 0) is 0 Å². The molecule has 7 nitrogen and oxygen atoms in total. The van der Waals surface area contributed by atoms with Gasteiger partial charge >= 0.3 is 0 Å². The summed E-state index contributed by atoms with van der Waals surface area (Å²) in [6, 6.07) is 8.92. The van der Waals surface area contributed by atoms with Gasteiger partial charge in [-0.3, -0.25) is 9.78 Å². The average Bonchev–Trinajstić information content (AvgIpc) is 3.09. The molecule has 0 radical (unpaired) electrons. The Morgan fingerprint density at radius 3 is 2.72 bits per heavy atom. The summed E-state index contributed by atoms with van der Waals surface area (Å²) in [5.41, 5.74) is 2.52. The summed E-state index contributed by atoms with van der Waals surface area (Å²) in [5.74, 6) is -0.313. The largest absolute Gasteiger partial charge is 0.319 e. The summed E-state index contributed by atoms with van der Waals surface area (Å²) in [5, 5.41) is 7.60. The van der Waals surface area contributed by atoms with Crippen LogP contribution < -0.4 is 5.32 Å². The lowest BCUT2D eigenvalue weighted by Gasteiger charge is -2.05. The van der Waals surface area contributed by atoms with Crippen molar-refractivity contribution >= 4 is 34.4 Å². The van der Waals surface area contributed by atoms with Crippen LogP contribution in [0.3, 0.4) is 0 Å². The Bertz CT molecular complexity index is 1070. The molecule has 0 saturated heterocycles. The van der Waals surface area contributed by atoms with Crippen molar-refractivity contribution in [2.24, 2.45) is 0 Å². The fourth-order valence-electron chi connectivity index (χ4n) is 2.41. The van der Waals surface area contributed by atoms with E-state index in [-0.39, 0.29) is 5.91 Å². The van der Waals surface area contributed by atoms with Crippen molar-refractivity contribution in [1.29, 1.82) is 0 Å². The van der Waals surface area contributed by atoms with Crippen LogP contribution in [0.15, 0.2) is 61.3 Å². The Morgan fingerprint density at radius 2 is 1.84 bits per heavy atom. The predicted octanol–water partition coefficient (Wildman–Crippen LogP) is 3.12. The highest BCUT2D eigenvalue weighted by Gasteiger charge is 2.14. The number of benzene rings is 1. The number of carbonyl (C=O) groups excluding carboxylic acids is 1. The smallest absolute Gasteiger partial charge is 0.258 e. The van der Waals surface area contributed by atoms with Gasteiger partial charge < -0.3 is 5.32 Å². The van der Waals surface area contributed by atoms with Crippen molar-refractivity contribution in [3.63, 3.8) is 0 Å². The number of nitrogens with zero attached hydrogens (tertiary/aromatic N) is 5. The molecule has 3 heterocycles. The minimum absolute atomic E-state index is 0.313. The van der Waals surface area contributed by atoms with E-state index in [4.69, 9.17) is 11.6 Å². The van der Waals surface area contributed by atoms with Crippen LogP contribution in [0.5, 0.6) is 0 Å². The minimum Gasteiger partial charge on any atom is -0.319 e. The number of halogens is 1. The Kier molecular flexibility index (Phi) is 3.83. The van der Waals surface area contributed by atoms with Crippen LogP contribution in [0, 0.1) is 0 Å². The van der Waals surface area contributed by atoms with Crippen LogP contribution in [-0.4, -0.2) is 30.6 Å². The van der Waals surface area contributed by atoms with E-state index in [9.17, 15) is 4.79 Å². The second kappa shape index (κ2) is 6.29. The third-order valence-corrected chi connectivity index (χ3v) is 3.88. The number of hydrogen-bond acceptors (Lipinski definition) is 5. The molecule has 1 N–H and O–H groups in total. The number of anilines is 1. The van der Waals surface area contributed by atoms with Gasteiger partial charge in [0.2, 0.25) is 0 Å². The second-order valence-corrected chi connectivity index (χ2v) is 5.57. The highest BCUT2D eigenvalue weighted by atomic mass is 35.5. The number of carbonyl (C=O) groups is 1. The van der Waals surface area contributed by atoms with Gasteiger partial charge in [0.15, 0.2) is 5.65 Å². The molecule has 4 aromatic rings. The highest BCUT2D eigenvalue weighted by Crippen LogP contribution is 2.21. The average molecular weight is 351 g/mol. The summed E-state index contributed by atoms with van der Waals surface area (Å²) in [7, 11) is 0. The number of nitrogens with one attached hydrogen (secondary N) is 1. The van der Waals surface area contributed by atoms with Crippen LogP contribution in [0.2, 0.25) is 5.02 Å². The number of aromatic nitrogens is 5. The highest BCUT2D eigenvalue weighted by molar-refractivity contribution is 6.32. The van der Waals surface area contributed by atoms with E-state index in [1.807, 2.05) is 18.2 Å². The molecule has 25 heavy (non-hydrogen) atoms. The molecule has 4 rings (SSSR count). The van der Waals surface area contributed by atoms with Gasteiger partial charge in [-0.1, -0.05) is 23.7 Å². The third kappa shape index (κ3) is 2.92. The van der Waals surface area contributed by atoms with Gasteiger partial charge in [-0.25, -0.2) is 14.6 Å². The van der Waals surface area contributed by atoms with E-state index >= 15 is 0 Å². The molecular weight excluding hydrogens is 340 g/mol. The standard InChI is InChI=1S/C17H11ClN6O/c18-13-3-1-2-4-14(13)24-10-11(9-22-24)23-17(25)12-5-6-20-16-15(12)19-7-8-21-16/h1-10H,(H,23,25). The normalized spacial score (nSPS) is 10.8. The molecule has 1 aromatic carbocycles.